The summed E-state index contributed by atoms with van der Waals surface area (Å²) in [6, 6.07) is 0. The summed E-state index contributed by atoms with van der Waals surface area (Å²) in [6.07, 6.45) is -0.866. The van der Waals surface area contributed by atoms with E-state index in [0.717, 1.165) is 0 Å². The van der Waals surface area contributed by atoms with Crippen LogP contribution in [0.2, 0.25) is 0 Å². The van der Waals surface area contributed by atoms with Crippen LogP contribution in [0.15, 0.2) is 0 Å². The third kappa shape index (κ3) is 3.49. The Kier molecular flexibility index (Phi) is 3.65. The summed E-state index contributed by atoms with van der Waals surface area (Å²) >= 11 is 0. The quantitative estimate of drug-likeness (QED) is 0.221. The van der Waals surface area contributed by atoms with Crippen LogP contribution in [0.5, 0.6) is 0 Å². The summed E-state index contributed by atoms with van der Waals surface area (Å²) < 4.78 is 7.83. The van der Waals surface area contributed by atoms with Gasteiger partial charge in [-0.1, -0.05) is 0 Å². The Bertz CT molecular complexity index is 62.7. The van der Waals surface area contributed by atoms with Crippen LogP contribution in [-0.2, 0) is 14.3 Å². The van der Waals surface area contributed by atoms with Crippen molar-refractivity contribution in [1.82, 2.24) is 0 Å². The molecule has 0 saturated heterocycles. The second kappa shape index (κ2) is 3.84. The summed E-state index contributed by atoms with van der Waals surface area (Å²) in [4.78, 5) is 13.6. The van der Waals surface area contributed by atoms with Gasteiger partial charge in [-0.15, -0.1) is 0 Å². The molecule has 0 radical (unpaired) electrons. The zero-order valence-corrected chi connectivity index (χ0v) is 4.87. The molecule has 0 saturated carbocycles. The van der Waals surface area contributed by atoms with Gasteiger partial charge in [0.25, 0.3) is 0 Å². The van der Waals surface area contributed by atoms with E-state index < -0.39 is 6.16 Å². The maximum absolute atomic E-state index is 9.83. The molecule has 0 aliphatic rings. The van der Waals surface area contributed by atoms with E-state index in [-0.39, 0.29) is 0 Å². The maximum atomic E-state index is 9.83. The van der Waals surface area contributed by atoms with Crippen LogP contribution in [0, 0.1) is 0 Å². The molecule has 1 atom stereocenters. The molecule has 7 heavy (non-hydrogen) atoms. The lowest BCUT2D eigenvalue weighted by molar-refractivity contribution is -0.150. The summed E-state index contributed by atoms with van der Waals surface area (Å²) in [5.41, 5.74) is 0. The molecule has 0 N–H and O–H groups in total. The van der Waals surface area contributed by atoms with E-state index in [1.165, 1.54) is 7.11 Å². The lowest BCUT2D eigenvalue weighted by Gasteiger charge is -1.92. The third-order valence-electron chi connectivity index (χ3n) is 0.283. The third-order valence-corrected chi connectivity index (χ3v) is 0.379. The molecular formula is C2H5O4P. The minimum absolute atomic E-state index is 0.866. The first-order chi connectivity index (χ1) is 3.31. The van der Waals surface area contributed by atoms with E-state index in [0.29, 0.717) is 0 Å². The summed E-state index contributed by atoms with van der Waals surface area (Å²) in [5.74, 6) is 0. The lowest BCUT2D eigenvalue weighted by Crippen LogP contribution is -1.99. The van der Waals surface area contributed by atoms with Gasteiger partial charge in [-0.3, -0.25) is 4.89 Å². The molecule has 5 heteroatoms. The zero-order valence-electron chi connectivity index (χ0n) is 3.71. The predicted molar refractivity (Wildman–Crippen MR) is 24.3 cm³/mol. The standard InChI is InChI=1S/C2H5O4P/c1-4-2(3)5-6-7/h7H2,1H3. The van der Waals surface area contributed by atoms with Crippen molar-refractivity contribution < 1.29 is 19.1 Å². The smallest absolute Gasteiger partial charge is 0.436 e. The van der Waals surface area contributed by atoms with Gasteiger partial charge >= 0.3 is 6.16 Å². The molecule has 0 rings (SSSR count). The summed E-state index contributed by atoms with van der Waals surface area (Å²) in [7, 11) is 2.92. The van der Waals surface area contributed by atoms with Crippen molar-refractivity contribution in [3.05, 3.63) is 0 Å². The molecule has 0 aromatic rings. The van der Waals surface area contributed by atoms with Gasteiger partial charge in [-0.05, 0) is 0 Å². The maximum Gasteiger partial charge on any atom is 0.540 e. The van der Waals surface area contributed by atoms with Gasteiger partial charge in [0, 0.05) is 0 Å². The molecule has 1 unspecified atom stereocenters. The predicted octanol–water partition coefficient (Wildman–Crippen LogP) is 0.491. The van der Waals surface area contributed by atoms with E-state index in [4.69, 9.17) is 0 Å². The average Bonchev–Trinajstić information content (AvgIpc) is 1.68. The second-order valence-corrected chi connectivity index (χ2v) is 0.826. The van der Waals surface area contributed by atoms with Crippen molar-refractivity contribution in [3.63, 3.8) is 0 Å². The van der Waals surface area contributed by atoms with Crippen molar-refractivity contribution in [2.75, 3.05) is 7.11 Å². The molecule has 0 amide bonds. The van der Waals surface area contributed by atoms with E-state index in [2.05, 4.69) is 14.3 Å². The molecule has 0 bridgehead atoms. The first kappa shape index (κ1) is 6.66. The molecule has 0 heterocycles. The van der Waals surface area contributed by atoms with Crippen LogP contribution < -0.4 is 0 Å². The topological polar surface area (TPSA) is 44.8 Å². The molecule has 0 spiro atoms. The van der Waals surface area contributed by atoms with Crippen molar-refractivity contribution >= 4 is 15.6 Å². The highest BCUT2D eigenvalue weighted by Crippen LogP contribution is 1.88. The van der Waals surface area contributed by atoms with Crippen molar-refractivity contribution in [2.24, 2.45) is 0 Å². The highest BCUT2D eigenvalue weighted by Gasteiger charge is 1.95. The van der Waals surface area contributed by atoms with Gasteiger partial charge < -0.3 is 4.74 Å². The van der Waals surface area contributed by atoms with Gasteiger partial charge in [0.15, 0.2) is 0 Å². The Morgan fingerprint density at radius 2 is 2.29 bits per heavy atom. The number of hydrogen-bond acceptors (Lipinski definition) is 4. The Labute approximate surface area is 43.0 Å². The average molecular weight is 124 g/mol. The van der Waals surface area contributed by atoms with Crippen LogP contribution in [-0.4, -0.2) is 13.3 Å². The van der Waals surface area contributed by atoms with Crippen LogP contribution in [0.3, 0.4) is 0 Å². The van der Waals surface area contributed by atoms with Crippen LogP contribution in [0.4, 0.5) is 4.79 Å². The minimum Gasteiger partial charge on any atom is -0.436 e. The molecule has 0 aliphatic carbocycles. The van der Waals surface area contributed by atoms with E-state index in [9.17, 15) is 4.79 Å². The van der Waals surface area contributed by atoms with E-state index in [1.54, 1.807) is 9.47 Å². The van der Waals surface area contributed by atoms with Crippen molar-refractivity contribution in [3.8, 4) is 0 Å². The van der Waals surface area contributed by atoms with Gasteiger partial charge in [-0.2, -0.15) is 4.67 Å². The molecule has 0 fully saturated rings. The number of ether oxygens (including phenoxy) is 1. The molecule has 4 nitrogen and oxygen atoms in total. The number of hydrogen-bond donors (Lipinski definition) is 0. The highest BCUT2D eigenvalue weighted by atomic mass is 31.0. The van der Waals surface area contributed by atoms with Crippen LogP contribution in [0.1, 0.15) is 0 Å². The van der Waals surface area contributed by atoms with Gasteiger partial charge in [0.05, 0.1) is 16.6 Å². The Morgan fingerprint density at radius 1 is 1.71 bits per heavy atom. The fraction of sp³-hybridized carbons (Fsp3) is 0.500. The summed E-state index contributed by atoms with van der Waals surface area (Å²) in [5, 5.41) is 0. The molecule has 42 valence electrons. The summed E-state index contributed by atoms with van der Waals surface area (Å²) in [6.45, 7) is 0. The number of rotatable bonds is 1. The lowest BCUT2D eigenvalue weighted by atomic mass is 11.4. The fourth-order valence-corrected chi connectivity index (χ4v) is 0.152. The molecule has 0 aliphatic heterocycles. The van der Waals surface area contributed by atoms with Crippen molar-refractivity contribution in [2.45, 2.75) is 0 Å². The molecule has 0 aromatic carbocycles. The Hall–Kier alpha value is -0.340. The fourth-order valence-electron chi connectivity index (χ4n) is 0.0733. The van der Waals surface area contributed by atoms with Gasteiger partial charge in [0.1, 0.15) is 0 Å². The monoisotopic (exact) mass is 124 g/mol. The van der Waals surface area contributed by atoms with Crippen LogP contribution in [0.25, 0.3) is 0 Å². The first-order valence-corrected chi connectivity index (χ1v) is 1.89. The van der Waals surface area contributed by atoms with Crippen molar-refractivity contribution in [1.29, 1.82) is 0 Å². The van der Waals surface area contributed by atoms with Gasteiger partial charge in [-0.25, -0.2) is 4.79 Å². The van der Waals surface area contributed by atoms with E-state index in [1.807, 2.05) is 0 Å². The van der Waals surface area contributed by atoms with Crippen LogP contribution >= 0.6 is 9.47 Å². The highest BCUT2D eigenvalue weighted by molar-refractivity contribution is 7.09. The largest absolute Gasteiger partial charge is 0.540 e. The molecular weight excluding hydrogens is 119 g/mol. The Morgan fingerprint density at radius 3 is 2.43 bits per heavy atom. The first-order valence-electron chi connectivity index (χ1n) is 1.42. The normalized spacial score (nSPS) is 7.71. The number of methoxy groups -OCH3 is 1. The SMILES string of the molecule is COC(=O)OOP. The zero-order chi connectivity index (χ0) is 5.70. The number of carbonyl (C=O) groups excluding carboxylic acids is 1. The number of carbonyl (C=O) groups is 1. The second-order valence-electron chi connectivity index (χ2n) is 0.634. The van der Waals surface area contributed by atoms with E-state index >= 15 is 0 Å². The molecule has 0 aromatic heterocycles. The minimum atomic E-state index is -0.866. The van der Waals surface area contributed by atoms with Gasteiger partial charge in [0.2, 0.25) is 0 Å². The Balaban J connectivity index is 3.00.